The number of alkyl carbamates (subject to hydrolysis) is 1. The van der Waals surface area contributed by atoms with Crippen molar-refractivity contribution < 1.29 is 47.7 Å². The zero-order chi connectivity index (χ0) is 36.9. The highest BCUT2D eigenvalue weighted by Crippen LogP contribution is 2.06. The summed E-state index contributed by atoms with van der Waals surface area (Å²) in [5.74, 6) is -1.32. The lowest BCUT2D eigenvalue weighted by molar-refractivity contribution is -0.143. The van der Waals surface area contributed by atoms with Crippen LogP contribution in [0.25, 0.3) is 0 Å². The van der Waals surface area contributed by atoms with Crippen molar-refractivity contribution in [1.82, 2.24) is 20.9 Å². The maximum atomic E-state index is 12.0. The minimum Gasteiger partial charge on any atom is -0.468 e. The van der Waals surface area contributed by atoms with Crippen molar-refractivity contribution >= 4 is 29.8 Å². The minimum absolute atomic E-state index is 0.137. The number of nitrogens with zero attached hydrogens (tertiary/aromatic N) is 1. The van der Waals surface area contributed by atoms with Gasteiger partial charge in [-0.05, 0) is 72.4 Å². The van der Waals surface area contributed by atoms with Gasteiger partial charge in [-0.2, -0.15) is 0 Å². The van der Waals surface area contributed by atoms with Crippen LogP contribution in [-0.4, -0.2) is 132 Å². The van der Waals surface area contributed by atoms with Gasteiger partial charge in [0.1, 0.15) is 17.7 Å². The fourth-order valence-electron chi connectivity index (χ4n) is 4.41. The Morgan fingerprint density at radius 1 is 0.612 bits per heavy atom. The number of nitrogens with two attached hydrogens (primary N) is 2. The molecule has 0 spiro atoms. The predicted molar refractivity (Wildman–Crippen MR) is 184 cm³/mol. The van der Waals surface area contributed by atoms with Gasteiger partial charge >= 0.3 is 18.0 Å². The van der Waals surface area contributed by atoms with Crippen molar-refractivity contribution in [3.8, 4) is 0 Å². The van der Waals surface area contributed by atoms with Crippen LogP contribution >= 0.6 is 0 Å². The normalized spacial score (nSPS) is 12.6. The van der Waals surface area contributed by atoms with Crippen LogP contribution in [0.15, 0.2) is 0 Å². The number of esters is 2. The molecule has 0 aromatic rings. The largest absolute Gasteiger partial charge is 0.468 e. The Morgan fingerprint density at radius 3 is 1.53 bits per heavy atom. The molecule has 0 aromatic heterocycles. The molecule has 7 N–H and O–H groups in total. The number of hydrogen-bond acceptors (Lipinski definition) is 13. The molecule has 0 aliphatic heterocycles. The Kier molecular flexibility index (Phi) is 27.0. The van der Waals surface area contributed by atoms with Gasteiger partial charge in [-0.3, -0.25) is 19.2 Å². The Balaban J connectivity index is 4.34. The van der Waals surface area contributed by atoms with Gasteiger partial charge in [-0.25, -0.2) is 4.79 Å². The first-order valence-electron chi connectivity index (χ1n) is 17.3. The quantitative estimate of drug-likeness (QED) is 0.0417. The maximum Gasteiger partial charge on any atom is 0.407 e. The number of nitrogens with one attached hydrogen (secondary N) is 3. The first-order chi connectivity index (χ1) is 23.3. The average molecular weight is 705 g/mol. The lowest BCUT2D eigenvalue weighted by Crippen LogP contribution is -2.34. The first kappa shape index (κ1) is 45.9. The lowest BCUT2D eigenvalue weighted by Gasteiger charge is -2.22. The molecule has 0 saturated heterocycles. The molecule has 0 bridgehead atoms. The Bertz CT molecular complexity index is 884. The summed E-state index contributed by atoms with van der Waals surface area (Å²) in [6, 6.07) is -1.59. The molecule has 49 heavy (non-hydrogen) atoms. The monoisotopic (exact) mass is 704 g/mol. The van der Waals surface area contributed by atoms with Crippen LogP contribution in [0.2, 0.25) is 0 Å². The number of hydrogen-bond donors (Lipinski definition) is 5. The second kappa shape index (κ2) is 28.8. The van der Waals surface area contributed by atoms with Gasteiger partial charge in [0.2, 0.25) is 11.8 Å². The van der Waals surface area contributed by atoms with Gasteiger partial charge in [0.15, 0.2) is 0 Å². The van der Waals surface area contributed by atoms with Crippen molar-refractivity contribution in [2.24, 2.45) is 11.5 Å². The van der Waals surface area contributed by atoms with E-state index in [1.54, 1.807) is 20.8 Å². The first-order valence-corrected chi connectivity index (χ1v) is 17.3. The van der Waals surface area contributed by atoms with Crippen LogP contribution in [0.4, 0.5) is 4.79 Å². The van der Waals surface area contributed by atoms with Crippen molar-refractivity contribution in [1.29, 1.82) is 0 Å². The van der Waals surface area contributed by atoms with Crippen LogP contribution in [0, 0.1) is 0 Å². The summed E-state index contributed by atoms with van der Waals surface area (Å²) >= 11 is 0. The number of carbonyl (C=O) groups excluding carboxylic acids is 5. The van der Waals surface area contributed by atoms with Gasteiger partial charge < -0.3 is 56.0 Å². The summed E-state index contributed by atoms with van der Waals surface area (Å²) < 4.78 is 25.6. The van der Waals surface area contributed by atoms with E-state index in [1.165, 1.54) is 14.2 Å². The highest BCUT2D eigenvalue weighted by molar-refractivity contribution is 5.79. The van der Waals surface area contributed by atoms with E-state index in [0.29, 0.717) is 46.1 Å². The Labute approximate surface area is 292 Å². The Hall–Kier alpha value is -3.05. The number of rotatable bonds is 29. The van der Waals surface area contributed by atoms with Gasteiger partial charge in [-0.1, -0.05) is 12.8 Å². The molecule has 2 atom stereocenters. The molecule has 0 aliphatic carbocycles. The third-order valence-electron chi connectivity index (χ3n) is 7.16. The topological polar surface area (TPSA) is 223 Å². The Morgan fingerprint density at radius 2 is 1.08 bits per heavy atom. The molecule has 286 valence electrons. The van der Waals surface area contributed by atoms with E-state index in [4.69, 9.17) is 25.7 Å². The second-order valence-electron chi connectivity index (χ2n) is 12.7. The SMILES string of the molecule is COC(=O)[C@H](N)CCC(=O)NCCCCCN(CCCCCNC(=O)CC[C@H](N)C(=O)OC)CCOCCOCCNC(=O)OC(C)(C)C. The summed E-state index contributed by atoms with van der Waals surface area (Å²) in [4.78, 5) is 60.8. The van der Waals surface area contributed by atoms with Gasteiger partial charge in [0, 0.05) is 39.0 Å². The number of methoxy groups -OCH3 is 2. The van der Waals surface area contributed by atoms with E-state index in [0.717, 1.165) is 58.2 Å². The van der Waals surface area contributed by atoms with Crippen LogP contribution < -0.4 is 27.4 Å². The third kappa shape index (κ3) is 28.5. The number of ether oxygens (including phenoxy) is 5. The number of amides is 3. The molecule has 3 amide bonds. The third-order valence-corrected chi connectivity index (χ3v) is 7.16. The number of unbranched alkanes of at least 4 members (excludes halogenated alkanes) is 4. The highest BCUT2D eigenvalue weighted by Gasteiger charge is 2.17. The van der Waals surface area contributed by atoms with Gasteiger partial charge in [-0.15, -0.1) is 0 Å². The van der Waals surface area contributed by atoms with E-state index in [1.807, 2.05) is 0 Å². The summed E-state index contributed by atoms with van der Waals surface area (Å²) in [7, 11) is 2.53. The van der Waals surface area contributed by atoms with Crippen LogP contribution in [0.3, 0.4) is 0 Å². The molecule has 0 fully saturated rings. The molecule has 16 heteroatoms. The van der Waals surface area contributed by atoms with Crippen LogP contribution in [0.5, 0.6) is 0 Å². The van der Waals surface area contributed by atoms with E-state index in [-0.39, 0.29) is 37.5 Å². The van der Waals surface area contributed by atoms with Crippen LogP contribution in [0.1, 0.15) is 85.0 Å². The molecule has 0 unspecified atom stereocenters. The standard InChI is InChI=1S/C33H64N6O10/c1-33(2,3)49-32(44)38-18-22-47-24-25-48-23-21-39(19-10-6-8-16-36-28(40)14-12-26(34)30(42)45-4)20-11-7-9-17-37-29(41)15-13-27(35)31(43)46-5/h26-27H,6-25,34-35H2,1-5H3,(H,36,40)(H,37,41)(H,38,44)/t26-,27+. The molecule has 0 aromatic carbocycles. The number of carbonyl (C=O) groups is 5. The average Bonchev–Trinajstić information content (AvgIpc) is 3.06. The van der Waals surface area contributed by atoms with Crippen molar-refractivity contribution in [3.63, 3.8) is 0 Å². The van der Waals surface area contributed by atoms with E-state index >= 15 is 0 Å². The van der Waals surface area contributed by atoms with E-state index < -0.39 is 35.7 Å². The fraction of sp³-hybridized carbons (Fsp3) is 0.848. The molecule has 0 radical (unpaired) electrons. The van der Waals surface area contributed by atoms with Crippen molar-refractivity contribution in [3.05, 3.63) is 0 Å². The lowest BCUT2D eigenvalue weighted by atomic mass is 10.1. The molecular weight excluding hydrogens is 640 g/mol. The summed E-state index contributed by atoms with van der Waals surface area (Å²) in [6.45, 7) is 11.2. The maximum absolute atomic E-state index is 12.0. The zero-order valence-corrected chi connectivity index (χ0v) is 30.5. The van der Waals surface area contributed by atoms with E-state index in [9.17, 15) is 24.0 Å². The fourth-order valence-corrected chi connectivity index (χ4v) is 4.41. The van der Waals surface area contributed by atoms with Crippen molar-refractivity contribution in [2.45, 2.75) is 103 Å². The summed E-state index contributed by atoms with van der Waals surface area (Å²) in [5, 5.41) is 8.39. The second-order valence-corrected chi connectivity index (χ2v) is 12.7. The van der Waals surface area contributed by atoms with Crippen LogP contribution in [-0.2, 0) is 42.9 Å². The van der Waals surface area contributed by atoms with Crippen molar-refractivity contribution in [2.75, 3.05) is 79.9 Å². The predicted octanol–water partition coefficient (Wildman–Crippen LogP) is 0.980. The molecule has 16 nitrogen and oxygen atoms in total. The molecular formula is C33H64N6O10. The van der Waals surface area contributed by atoms with Gasteiger partial charge in [0.05, 0.1) is 40.6 Å². The van der Waals surface area contributed by atoms with Gasteiger partial charge in [0.25, 0.3) is 0 Å². The zero-order valence-electron chi connectivity index (χ0n) is 30.5. The van der Waals surface area contributed by atoms with E-state index in [2.05, 4.69) is 30.3 Å². The molecule has 0 heterocycles. The smallest absolute Gasteiger partial charge is 0.407 e. The summed E-state index contributed by atoms with van der Waals surface area (Å²) in [5.41, 5.74) is 10.8. The molecule has 0 aliphatic rings. The summed E-state index contributed by atoms with van der Waals surface area (Å²) in [6.07, 6.45) is 5.82. The highest BCUT2D eigenvalue weighted by atomic mass is 16.6. The minimum atomic E-state index is -0.797. The molecule has 0 saturated carbocycles. The molecule has 0 rings (SSSR count).